The largest absolute Gasteiger partial charge is 0.494 e. The number of aryl methyl sites for hydroxylation is 1. The number of carboxylic acid groups (broad SMARTS) is 1. The average molecular weight is 463 g/mol. The van der Waals surface area contributed by atoms with Crippen molar-refractivity contribution in [3.63, 3.8) is 0 Å². The van der Waals surface area contributed by atoms with Gasteiger partial charge in [-0.25, -0.2) is 9.59 Å². The van der Waals surface area contributed by atoms with Gasteiger partial charge in [-0.05, 0) is 62.2 Å². The highest BCUT2D eigenvalue weighted by atomic mass is 16.5. The lowest BCUT2D eigenvalue weighted by molar-refractivity contribution is -0.153. The fourth-order valence-electron chi connectivity index (χ4n) is 3.27. The number of carbonyl (C=O) groups excluding carboxylic acids is 1. The van der Waals surface area contributed by atoms with E-state index in [0.29, 0.717) is 31.1 Å². The molecule has 7 nitrogen and oxygen atoms in total. The molecule has 7 heteroatoms. The number of carbonyl (C=O) groups is 2. The SMILES string of the molecule is Cc1ccc(NC(=O)NCCCOc2ccc(C[C@](C)(Oc3ccccc3)C(=O)O)cc2)cc1. The number of aliphatic carboxylic acids is 1. The number of hydrogen-bond acceptors (Lipinski definition) is 4. The summed E-state index contributed by atoms with van der Waals surface area (Å²) in [6.07, 6.45) is 0.850. The van der Waals surface area contributed by atoms with Crippen molar-refractivity contribution in [2.24, 2.45) is 0 Å². The van der Waals surface area contributed by atoms with Gasteiger partial charge in [-0.15, -0.1) is 0 Å². The first-order valence-corrected chi connectivity index (χ1v) is 11.1. The first-order chi connectivity index (χ1) is 16.3. The number of para-hydroxylation sites is 1. The predicted molar refractivity (Wildman–Crippen MR) is 132 cm³/mol. The number of hydrogen-bond donors (Lipinski definition) is 3. The van der Waals surface area contributed by atoms with Crippen molar-refractivity contribution in [3.8, 4) is 11.5 Å². The van der Waals surface area contributed by atoms with E-state index in [0.717, 1.165) is 16.8 Å². The second-order valence-electron chi connectivity index (χ2n) is 8.22. The highest BCUT2D eigenvalue weighted by Gasteiger charge is 2.36. The van der Waals surface area contributed by atoms with Crippen LogP contribution in [0.1, 0.15) is 24.5 Å². The fraction of sp³-hybridized carbons (Fsp3) is 0.259. The van der Waals surface area contributed by atoms with E-state index < -0.39 is 11.6 Å². The van der Waals surface area contributed by atoms with E-state index >= 15 is 0 Å². The molecule has 0 spiro atoms. The number of amides is 2. The molecule has 3 rings (SSSR count). The first-order valence-electron chi connectivity index (χ1n) is 11.1. The third-order valence-corrected chi connectivity index (χ3v) is 5.19. The Kier molecular flexibility index (Phi) is 8.51. The van der Waals surface area contributed by atoms with Crippen LogP contribution in [0.4, 0.5) is 10.5 Å². The molecule has 0 unspecified atom stereocenters. The highest BCUT2D eigenvalue weighted by Crippen LogP contribution is 2.24. The highest BCUT2D eigenvalue weighted by molar-refractivity contribution is 5.89. The second kappa shape index (κ2) is 11.7. The molecule has 0 radical (unpaired) electrons. The van der Waals surface area contributed by atoms with Gasteiger partial charge in [0.15, 0.2) is 0 Å². The van der Waals surface area contributed by atoms with Crippen LogP contribution in [0.25, 0.3) is 0 Å². The topological polar surface area (TPSA) is 96.9 Å². The van der Waals surface area contributed by atoms with Crippen molar-refractivity contribution >= 4 is 17.7 Å². The number of rotatable bonds is 11. The van der Waals surface area contributed by atoms with Gasteiger partial charge in [0, 0.05) is 18.7 Å². The Hall–Kier alpha value is -4.00. The molecule has 3 N–H and O–H groups in total. The summed E-state index contributed by atoms with van der Waals surface area (Å²) in [6, 6.07) is 23.5. The predicted octanol–water partition coefficient (Wildman–Crippen LogP) is 5.05. The molecule has 0 aliphatic heterocycles. The van der Waals surface area contributed by atoms with Crippen LogP contribution in [0.3, 0.4) is 0 Å². The molecule has 0 aliphatic rings. The van der Waals surface area contributed by atoms with Crippen LogP contribution in [0.15, 0.2) is 78.9 Å². The van der Waals surface area contributed by atoms with E-state index in [-0.39, 0.29) is 12.5 Å². The maximum absolute atomic E-state index is 11.9. The van der Waals surface area contributed by atoms with Crippen molar-refractivity contribution < 1.29 is 24.2 Å². The molecule has 0 aromatic heterocycles. The summed E-state index contributed by atoms with van der Waals surface area (Å²) >= 11 is 0. The van der Waals surface area contributed by atoms with Gasteiger partial charge in [-0.2, -0.15) is 0 Å². The van der Waals surface area contributed by atoms with E-state index in [1.807, 2.05) is 49.4 Å². The van der Waals surface area contributed by atoms with E-state index in [2.05, 4.69) is 10.6 Å². The summed E-state index contributed by atoms with van der Waals surface area (Å²) in [5, 5.41) is 15.3. The third kappa shape index (κ3) is 7.55. The van der Waals surface area contributed by atoms with Crippen LogP contribution < -0.4 is 20.1 Å². The number of ether oxygens (including phenoxy) is 2. The molecule has 0 heterocycles. The summed E-state index contributed by atoms with van der Waals surface area (Å²) in [5.74, 6) is 0.151. The van der Waals surface area contributed by atoms with Gasteiger partial charge in [0.25, 0.3) is 0 Å². The van der Waals surface area contributed by atoms with Gasteiger partial charge in [-0.3, -0.25) is 0 Å². The minimum absolute atomic E-state index is 0.206. The van der Waals surface area contributed by atoms with Gasteiger partial charge in [0.2, 0.25) is 5.60 Å². The molecule has 0 fully saturated rings. The van der Waals surface area contributed by atoms with Gasteiger partial charge in [0.05, 0.1) is 6.61 Å². The number of urea groups is 1. The molecule has 34 heavy (non-hydrogen) atoms. The molecule has 178 valence electrons. The molecule has 3 aromatic carbocycles. The Balaban J connectivity index is 1.41. The summed E-state index contributed by atoms with van der Waals surface area (Å²) < 4.78 is 11.5. The minimum atomic E-state index is -1.39. The maximum Gasteiger partial charge on any atom is 0.348 e. The van der Waals surface area contributed by atoms with Crippen LogP contribution in [0, 0.1) is 6.92 Å². The third-order valence-electron chi connectivity index (χ3n) is 5.19. The van der Waals surface area contributed by atoms with E-state index in [9.17, 15) is 14.7 Å². The smallest absolute Gasteiger partial charge is 0.348 e. The number of anilines is 1. The Morgan fingerprint density at radius 3 is 2.24 bits per heavy atom. The quantitative estimate of drug-likeness (QED) is 0.347. The van der Waals surface area contributed by atoms with Crippen LogP contribution in [-0.2, 0) is 11.2 Å². The molecular formula is C27H30N2O5. The van der Waals surface area contributed by atoms with E-state index in [4.69, 9.17) is 9.47 Å². The van der Waals surface area contributed by atoms with Crippen molar-refractivity contribution in [1.29, 1.82) is 0 Å². The zero-order valence-electron chi connectivity index (χ0n) is 19.4. The lowest BCUT2D eigenvalue weighted by Gasteiger charge is -2.26. The summed E-state index contributed by atoms with van der Waals surface area (Å²) in [7, 11) is 0. The van der Waals surface area contributed by atoms with E-state index in [1.165, 1.54) is 0 Å². The first kappa shape index (κ1) is 24.6. The number of benzene rings is 3. The zero-order valence-corrected chi connectivity index (χ0v) is 19.4. The molecule has 3 aromatic rings. The summed E-state index contributed by atoms with van der Waals surface area (Å²) in [4.78, 5) is 23.8. The Morgan fingerprint density at radius 1 is 0.912 bits per heavy atom. The molecular weight excluding hydrogens is 432 g/mol. The molecule has 0 saturated carbocycles. The Bertz CT molecular complexity index is 1070. The molecule has 1 atom stereocenters. The molecule has 0 saturated heterocycles. The van der Waals surface area contributed by atoms with Gasteiger partial charge in [-0.1, -0.05) is 48.0 Å². The number of carboxylic acids is 1. The van der Waals surface area contributed by atoms with Crippen molar-refractivity contribution in [2.75, 3.05) is 18.5 Å². The van der Waals surface area contributed by atoms with E-state index in [1.54, 1.807) is 43.3 Å². The van der Waals surface area contributed by atoms with Crippen molar-refractivity contribution in [2.45, 2.75) is 32.3 Å². The van der Waals surface area contributed by atoms with Crippen LogP contribution >= 0.6 is 0 Å². The molecule has 0 bridgehead atoms. The van der Waals surface area contributed by atoms with Gasteiger partial charge in [0.1, 0.15) is 11.5 Å². The molecule has 2 amide bonds. The zero-order chi connectivity index (χ0) is 24.4. The summed E-state index contributed by atoms with van der Waals surface area (Å²) in [6.45, 7) is 4.47. The monoisotopic (exact) mass is 462 g/mol. The fourth-order valence-corrected chi connectivity index (χ4v) is 3.27. The lowest BCUT2D eigenvalue weighted by Crippen LogP contribution is -2.43. The average Bonchev–Trinajstić information content (AvgIpc) is 2.82. The Morgan fingerprint density at radius 2 is 1.59 bits per heavy atom. The van der Waals surface area contributed by atoms with Gasteiger partial charge >= 0.3 is 12.0 Å². The summed E-state index contributed by atoms with van der Waals surface area (Å²) in [5.41, 5.74) is 1.30. The second-order valence-corrected chi connectivity index (χ2v) is 8.22. The standard InChI is InChI=1S/C27H30N2O5/c1-20-9-13-22(14-10-20)29-26(32)28-17-6-18-33-23-15-11-21(12-16-23)19-27(2,25(30)31)34-24-7-4-3-5-8-24/h3-5,7-16H,6,17-19H2,1-2H3,(H,30,31)(H2,28,29,32)/t27-/m0/s1. The maximum atomic E-state index is 11.9. The minimum Gasteiger partial charge on any atom is -0.494 e. The lowest BCUT2D eigenvalue weighted by atomic mass is 9.96. The van der Waals surface area contributed by atoms with Crippen LogP contribution in [-0.4, -0.2) is 35.9 Å². The molecule has 0 aliphatic carbocycles. The van der Waals surface area contributed by atoms with Crippen molar-refractivity contribution in [3.05, 3.63) is 90.0 Å². The van der Waals surface area contributed by atoms with Crippen LogP contribution in [0.2, 0.25) is 0 Å². The van der Waals surface area contributed by atoms with Gasteiger partial charge < -0.3 is 25.2 Å². The Labute approximate surface area is 199 Å². The van der Waals surface area contributed by atoms with Crippen LogP contribution in [0.5, 0.6) is 11.5 Å². The normalized spacial score (nSPS) is 12.3. The number of nitrogens with one attached hydrogen (secondary N) is 2. The van der Waals surface area contributed by atoms with Crippen molar-refractivity contribution in [1.82, 2.24) is 5.32 Å².